The summed E-state index contributed by atoms with van der Waals surface area (Å²) in [5, 5.41) is 10.6. The molecule has 2 aromatic heterocycles. The standard InChI is InChI=1S/C9H12ClN3O3S2/c1-2-6(5-14)12-18(15,16)8-7(10)11-9-13(8)3-4-17-9/h3-4,6,12,14H,2,5H2,1H3/t6-/m1/s1. The molecular formula is C9H12ClN3O3S2. The average Bonchev–Trinajstić information content (AvgIpc) is 2.84. The van der Waals surface area contributed by atoms with E-state index < -0.39 is 16.1 Å². The molecule has 0 spiro atoms. The van der Waals surface area contributed by atoms with Gasteiger partial charge in [-0.25, -0.2) is 18.1 Å². The highest BCUT2D eigenvalue weighted by Crippen LogP contribution is 2.25. The fraction of sp³-hybridized carbons (Fsp3) is 0.444. The first-order valence-corrected chi connectivity index (χ1v) is 7.98. The number of sulfonamides is 1. The Morgan fingerprint density at radius 2 is 2.39 bits per heavy atom. The van der Waals surface area contributed by atoms with E-state index in [1.165, 1.54) is 15.7 Å². The fourth-order valence-corrected chi connectivity index (χ4v) is 4.27. The topological polar surface area (TPSA) is 83.7 Å². The minimum absolute atomic E-state index is 0.0675. The summed E-state index contributed by atoms with van der Waals surface area (Å²) in [5.41, 5.74) is 0. The third kappa shape index (κ3) is 2.39. The predicted molar refractivity (Wildman–Crippen MR) is 69.6 cm³/mol. The van der Waals surface area contributed by atoms with Crippen molar-refractivity contribution in [2.45, 2.75) is 24.4 Å². The second-order valence-corrected chi connectivity index (χ2v) is 6.53. The number of aliphatic hydroxyl groups is 1. The molecule has 0 saturated carbocycles. The molecule has 0 aromatic carbocycles. The Kier molecular flexibility index (Phi) is 3.93. The lowest BCUT2D eigenvalue weighted by molar-refractivity contribution is 0.253. The van der Waals surface area contributed by atoms with Gasteiger partial charge in [-0.15, -0.1) is 11.3 Å². The number of fused-ring (bicyclic) bond motifs is 1. The first kappa shape index (κ1) is 13.8. The van der Waals surface area contributed by atoms with Crippen molar-refractivity contribution in [2.24, 2.45) is 0 Å². The normalized spacial score (nSPS) is 14.2. The van der Waals surface area contributed by atoms with E-state index in [0.717, 1.165) is 0 Å². The SMILES string of the molecule is CC[C@H](CO)NS(=O)(=O)c1c(Cl)nc2sccn12. The average molecular weight is 310 g/mol. The quantitative estimate of drug-likeness (QED) is 0.866. The molecule has 0 bridgehead atoms. The molecule has 0 saturated heterocycles. The minimum Gasteiger partial charge on any atom is -0.395 e. The molecule has 1 atom stereocenters. The molecule has 2 aromatic rings. The summed E-state index contributed by atoms with van der Waals surface area (Å²) in [4.78, 5) is 4.48. The lowest BCUT2D eigenvalue weighted by Crippen LogP contribution is -2.37. The number of nitrogens with one attached hydrogen (secondary N) is 1. The summed E-state index contributed by atoms with van der Waals surface area (Å²) in [5.74, 6) is 0. The molecule has 18 heavy (non-hydrogen) atoms. The summed E-state index contributed by atoms with van der Waals surface area (Å²) in [6.45, 7) is 1.51. The summed E-state index contributed by atoms with van der Waals surface area (Å²) in [7, 11) is -3.80. The lowest BCUT2D eigenvalue weighted by Gasteiger charge is -2.13. The van der Waals surface area contributed by atoms with E-state index in [1.54, 1.807) is 18.5 Å². The first-order chi connectivity index (χ1) is 8.49. The molecule has 9 heteroatoms. The van der Waals surface area contributed by atoms with E-state index in [1.807, 2.05) is 0 Å². The van der Waals surface area contributed by atoms with Crippen LogP contribution in [0, 0.1) is 0 Å². The zero-order valence-corrected chi connectivity index (χ0v) is 11.9. The number of imidazole rings is 1. The van der Waals surface area contributed by atoms with Gasteiger partial charge in [-0.1, -0.05) is 18.5 Å². The Morgan fingerprint density at radius 3 is 3.00 bits per heavy atom. The maximum atomic E-state index is 12.2. The Balaban J connectivity index is 2.46. The maximum absolute atomic E-state index is 12.2. The summed E-state index contributed by atoms with van der Waals surface area (Å²) in [6, 6.07) is -0.532. The third-order valence-corrected chi connectivity index (χ3v) is 5.14. The molecule has 2 N–H and O–H groups in total. The number of hydrogen-bond acceptors (Lipinski definition) is 5. The van der Waals surface area contributed by atoms with Crippen LogP contribution >= 0.6 is 22.9 Å². The molecule has 0 fully saturated rings. The van der Waals surface area contributed by atoms with Crippen LogP contribution in [0.3, 0.4) is 0 Å². The number of aromatic nitrogens is 2. The minimum atomic E-state index is -3.80. The van der Waals surface area contributed by atoms with E-state index in [2.05, 4.69) is 9.71 Å². The fourth-order valence-electron chi connectivity index (χ4n) is 1.50. The zero-order valence-electron chi connectivity index (χ0n) is 9.50. The van der Waals surface area contributed by atoms with Crippen LogP contribution in [0.4, 0.5) is 0 Å². The number of halogens is 1. The van der Waals surface area contributed by atoms with Crippen LogP contribution in [0.25, 0.3) is 4.96 Å². The largest absolute Gasteiger partial charge is 0.395 e. The van der Waals surface area contributed by atoms with E-state index in [-0.39, 0.29) is 16.8 Å². The second kappa shape index (κ2) is 5.14. The molecule has 0 unspecified atom stereocenters. The van der Waals surface area contributed by atoms with Crippen molar-refractivity contribution in [2.75, 3.05) is 6.61 Å². The molecule has 2 heterocycles. The highest BCUT2D eigenvalue weighted by molar-refractivity contribution is 7.89. The van der Waals surface area contributed by atoms with Crippen molar-refractivity contribution >= 4 is 37.9 Å². The van der Waals surface area contributed by atoms with Crippen LogP contribution in [-0.2, 0) is 10.0 Å². The maximum Gasteiger partial charge on any atom is 0.260 e. The monoisotopic (exact) mass is 309 g/mol. The molecule has 2 rings (SSSR count). The number of thiazole rings is 1. The van der Waals surface area contributed by atoms with Crippen molar-refractivity contribution in [1.29, 1.82) is 0 Å². The molecule has 6 nitrogen and oxygen atoms in total. The third-order valence-electron chi connectivity index (χ3n) is 2.47. The summed E-state index contributed by atoms with van der Waals surface area (Å²) >= 11 is 7.15. The van der Waals surface area contributed by atoms with Crippen molar-refractivity contribution in [3.63, 3.8) is 0 Å². The molecule has 0 aliphatic rings. The van der Waals surface area contributed by atoms with Gasteiger partial charge >= 0.3 is 0 Å². The Morgan fingerprint density at radius 1 is 1.67 bits per heavy atom. The van der Waals surface area contributed by atoms with E-state index in [4.69, 9.17) is 16.7 Å². The Labute approximate surface area is 113 Å². The van der Waals surface area contributed by atoms with Gasteiger partial charge in [-0.3, -0.25) is 4.40 Å². The van der Waals surface area contributed by atoms with Crippen molar-refractivity contribution in [3.05, 3.63) is 16.7 Å². The second-order valence-electron chi connectivity index (χ2n) is 3.67. The predicted octanol–water partition coefficient (Wildman–Crippen LogP) is 1.10. The van der Waals surface area contributed by atoms with E-state index in [0.29, 0.717) is 11.4 Å². The van der Waals surface area contributed by atoms with Crippen molar-refractivity contribution in [3.8, 4) is 0 Å². The van der Waals surface area contributed by atoms with Gasteiger partial charge in [0.1, 0.15) is 0 Å². The van der Waals surface area contributed by atoms with Gasteiger partial charge in [0.15, 0.2) is 15.1 Å². The molecule has 0 radical (unpaired) electrons. The van der Waals surface area contributed by atoms with Gasteiger partial charge in [0.05, 0.1) is 6.61 Å². The van der Waals surface area contributed by atoms with Crippen LogP contribution in [0.2, 0.25) is 5.15 Å². The molecule has 100 valence electrons. The van der Waals surface area contributed by atoms with Crippen LogP contribution < -0.4 is 4.72 Å². The van der Waals surface area contributed by atoms with Gasteiger partial charge in [-0.2, -0.15) is 0 Å². The highest BCUT2D eigenvalue weighted by atomic mass is 35.5. The number of rotatable bonds is 5. The van der Waals surface area contributed by atoms with Gasteiger partial charge < -0.3 is 5.11 Å². The first-order valence-electron chi connectivity index (χ1n) is 5.23. The molecule has 0 aliphatic carbocycles. The number of aliphatic hydroxyl groups excluding tert-OH is 1. The Hall–Kier alpha value is -0.670. The van der Waals surface area contributed by atoms with Gasteiger partial charge in [0.2, 0.25) is 0 Å². The van der Waals surface area contributed by atoms with Crippen LogP contribution in [0.15, 0.2) is 16.6 Å². The van der Waals surface area contributed by atoms with Gasteiger partial charge in [0.25, 0.3) is 10.0 Å². The van der Waals surface area contributed by atoms with Crippen LogP contribution in [-0.4, -0.2) is 35.6 Å². The summed E-state index contributed by atoms with van der Waals surface area (Å²) < 4.78 is 28.2. The van der Waals surface area contributed by atoms with Gasteiger partial charge in [-0.05, 0) is 6.42 Å². The van der Waals surface area contributed by atoms with E-state index >= 15 is 0 Å². The van der Waals surface area contributed by atoms with Gasteiger partial charge in [0, 0.05) is 17.6 Å². The highest BCUT2D eigenvalue weighted by Gasteiger charge is 2.26. The molecule has 0 aliphatic heterocycles. The van der Waals surface area contributed by atoms with Crippen molar-refractivity contribution in [1.82, 2.24) is 14.1 Å². The van der Waals surface area contributed by atoms with Crippen molar-refractivity contribution < 1.29 is 13.5 Å². The Bertz CT molecular complexity index is 645. The smallest absolute Gasteiger partial charge is 0.260 e. The zero-order chi connectivity index (χ0) is 13.3. The lowest BCUT2D eigenvalue weighted by atomic mass is 10.3. The van der Waals surface area contributed by atoms with Crippen LogP contribution in [0.5, 0.6) is 0 Å². The van der Waals surface area contributed by atoms with E-state index in [9.17, 15) is 8.42 Å². The number of hydrogen-bond donors (Lipinski definition) is 2. The molecule has 0 amide bonds. The summed E-state index contributed by atoms with van der Waals surface area (Å²) in [6.07, 6.45) is 2.08. The number of nitrogens with zero attached hydrogens (tertiary/aromatic N) is 2. The molecular weight excluding hydrogens is 298 g/mol. The van der Waals surface area contributed by atoms with Crippen LogP contribution in [0.1, 0.15) is 13.3 Å².